The molecule has 4 N–H and O–H groups in total. The average molecular weight is 1850 g/mol. The summed E-state index contributed by atoms with van der Waals surface area (Å²) in [6, 6.07) is 47.0. The number of likely N-dealkylation sites (N-methyl/N-ethyl adjacent to an activating group) is 2. The van der Waals surface area contributed by atoms with E-state index >= 15 is 0 Å². The molecule has 16 rings (SSSR count). The van der Waals surface area contributed by atoms with E-state index in [2.05, 4.69) is 151 Å². The summed E-state index contributed by atoms with van der Waals surface area (Å²) < 4.78 is 27.5. The van der Waals surface area contributed by atoms with Crippen LogP contribution in [0.2, 0.25) is 0 Å². The van der Waals surface area contributed by atoms with Gasteiger partial charge >= 0.3 is 0 Å². The Kier molecular flexibility index (Phi) is 33.9. The Labute approximate surface area is 801 Å². The van der Waals surface area contributed by atoms with Gasteiger partial charge in [0.25, 0.3) is 23.6 Å². The lowest BCUT2D eigenvalue weighted by Gasteiger charge is -2.36. The van der Waals surface area contributed by atoms with E-state index in [4.69, 9.17) is 23.7 Å². The molecule has 0 bridgehead atoms. The van der Waals surface area contributed by atoms with Gasteiger partial charge in [-0.3, -0.25) is 43.6 Å². The fourth-order valence-electron chi connectivity index (χ4n) is 19.3. The van der Waals surface area contributed by atoms with Gasteiger partial charge in [-0.1, -0.05) is 100 Å². The molecule has 0 atom stereocenters. The number of aryl methyl sites for hydroxylation is 4. The van der Waals surface area contributed by atoms with E-state index < -0.39 is 0 Å². The number of morpholine rings is 1. The zero-order valence-electron chi connectivity index (χ0n) is 83.3. The van der Waals surface area contributed by atoms with Crippen LogP contribution in [0.3, 0.4) is 0 Å². The largest absolute Gasteiger partial charge is 0.504 e. The summed E-state index contributed by atoms with van der Waals surface area (Å²) in [6.07, 6.45) is 7.37. The molecular formula is C110H149N11O14. The molecule has 8 aliphatic heterocycles. The van der Waals surface area contributed by atoms with E-state index in [0.29, 0.717) is 101 Å². The lowest BCUT2D eigenvalue weighted by Crippen LogP contribution is -2.50. The molecule has 4 fully saturated rings. The van der Waals surface area contributed by atoms with Crippen molar-refractivity contribution < 1.29 is 68.1 Å². The van der Waals surface area contributed by atoms with Gasteiger partial charge in [0, 0.05) is 195 Å². The number of aromatic hydroxyl groups is 4. The molecule has 5 amide bonds. The Morgan fingerprint density at radius 3 is 0.837 bits per heavy atom. The second-order valence-corrected chi connectivity index (χ2v) is 41.4. The quantitative estimate of drug-likeness (QED) is 0.0356. The van der Waals surface area contributed by atoms with Crippen LogP contribution in [0.15, 0.2) is 146 Å². The van der Waals surface area contributed by atoms with E-state index in [1.807, 2.05) is 117 Å². The number of carbonyl (C=O) groups is 5. The maximum atomic E-state index is 13.4. The van der Waals surface area contributed by atoms with Crippen LogP contribution in [0.1, 0.15) is 224 Å². The molecule has 8 heterocycles. The van der Waals surface area contributed by atoms with Gasteiger partial charge in [-0.2, -0.15) is 0 Å². The van der Waals surface area contributed by atoms with Crippen molar-refractivity contribution in [3.63, 3.8) is 0 Å². The number of hydrogen-bond donors (Lipinski definition) is 4. The standard InChI is InChI=1S/C30H41N3O4.C29H41N3O3.C26H35N3O3.C25H32N2O4/c1-21(2)20-37-28-17-23(9-10-27(28)35)11-12-30(4,5)33-18-24-7-6-8-25(26(24)19-33)29(36)32-15-13-31(14-16-32)22(3)34;1-21(2)20-35-27-17-22(9-10-26(27)33)11-12-29(3,4)32-18-23-7-6-8-24(25(23)19-32)28(34)31-15-13-30(5)14-16-31;1-26(2,11-10-19-8-9-23(30)24(16-19)32-4)29-17-20-6-5-7-21(22(20)18-29)25(31)28-14-12-27(3)13-15-28;1-25(2,10-9-18-7-8-22(28)23(15-18)30-3)27-16-19-5-4-6-20(21(19)17-27)24(29)26-11-13-31-14-12-26/h6-10,17,21,35H,11-16,18-20H2,1-5H3;6-10,17,21,33H,11-16,18-20H2,1-5H3;5-9,16,30H,10-15,17-18H2,1-4H3;4-8,15,28H,9-14,16-17H2,1-3H3. The first-order chi connectivity index (χ1) is 64.3. The summed E-state index contributed by atoms with van der Waals surface area (Å²) in [4.78, 5) is 88.9. The summed E-state index contributed by atoms with van der Waals surface area (Å²) >= 11 is 0. The van der Waals surface area contributed by atoms with Crippen LogP contribution in [-0.2, 0) is 87.6 Å². The van der Waals surface area contributed by atoms with Gasteiger partial charge in [0.1, 0.15) is 0 Å². The van der Waals surface area contributed by atoms with E-state index in [-0.39, 0.29) is 74.7 Å². The van der Waals surface area contributed by atoms with Crippen LogP contribution >= 0.6 is 0 Å². The van der Waals surface area contributed by atoms with Crippen LogP contribution in [0.25, 0.3) is 0 Å². The van der Waals surface area contributed by atoms with E-state index in [1.54, 1.807) is 50.3 Å². The Morgan fingerprint density at radius 2 is 0.578 bits per heavy atom. The zero-order chi connectivity index (χ0) is 96.8. The number of rotatable bonds is 28. The molecule has 135 heavy (non-hydrogen) atoms. The van der Waals surface area contributed by atoms with Crippen molar-refractivity contribution in [1.82, 2.24) is 53.9 Å². The summed E-state index contributed by atoms with van der Waals surface area (Å²) in [5.41, 5.74) is 17.5. The van der Waals surface area contributed by atoms with Crippen LogP contribution in [0, 0.1) is 11.8 Å². The molecule has 8 aromatic carbocycles. The van der Waals surface area contributed by atoms with Gasteiger partial charge in [-0.25, -0.2) is 0 Å². The molecule has 25 nitrogen and oxygen atoms in total. The first-order valence-corrected chi connectivity index (χ1v) is 48.8. The van der Waals surface area contributed by atoms with Crippen molar-refractivity contribution in [2.75, 3.05) is 146 Å². The summed E-state index contributed by atoms with van der Waals surface area (Å²) in [6.45, 7) is 47.6. The number of fused-ring (bicyclic) bond motifs is 4. The third kappa shape index (κ3) is 25.7. The van der Waals surface area contributed by atoms with E-state index in [0.717, 1.165) is 206 Å². The van der Waals surface area contributed by atoms with Gasteiger partial charge in [0.05, 0.1) is 40.6 Å². The predicted octanol–water partition coefficient (Wildman–Crippen LogP) is 16.1. The molecule has 25 heteroatoms. The van der Waals surface area contributed by atoms with Crippen LogP contribution in [0.4, 0.5) is 0 Å². The highest BCUT2D eigenvalue weighted by Crippen LogP contribution is 2.42. The topological polar surface area (TPSA) is 248 Å². The van der Waals surface area contributed by atoms with E-state index in [1.165, 1.54) is 38.9 Å². The van der Waals surface area contributed by atoms with Crippen molar-refractivity contribution in [3.05, 3.63) is 235 Å². The van der Waals surface area contributed by atoms with Crippen LogP contribution in [-0.4, -0.2) is 272 Å². The minimum atomic E-state index is -0.0801. The Morgan fingerprint density at radius 1 is 0.333 bits per heavy atom. The normalized spacial score (nSPS) is 16.9. The molecule has 0 radical (unpaired) electrons. The number of carbonyl (C=O) groups excluding carboxylic acids is 5. The second kappa shape index (κ2) is 45.0. The van der Waals surface area contributed by atoms with Crippen molar-refractivity contribution in [2.45, 2.75) is 216 Å². The number of phenols is 4. The van der Waals surface area contributed by atoms with Crippen molar-refractivity contribution in [3.8, 4) is 46.0 Å². The Bertz CT molecular complexity index is 5430. The lowest BCUT2D eigenvalue weighted by molar-refractivity contribution is -0.130. The van der Waals surface area contributed by atoms with Gasteiger partial charge in [-0.15, -0.1) is 0 Å². The first-order valence-electron chi connectivity index (χ1n) is 48.8. The number of phenolic OH excluding ortho intramolecular Hbond substituents is 4. The molecule has 0 saturated carbocycles. The number of benzene rings is 8. The van der Waals surface area contributed by atoms with E-state index in [9.17, 15) is 44.4 Å². The Balaban J connectivity index is 0.000000153. The third-order valence-corrected chi connectivity index (χ3v) is 29.0. The van der Waals surface area contributed by atoms with Crippen molar-refractivity contribution in [2.24, 2.45) is 11.8 Å². The molecule has 8 aliphatic rings. The maximum absolute atomic E-state index is 13.4. The number of hydrogen-bond acceptors (Lipinski definition) is 20. The monoisotopic (exact) mass is 1850 g/mol. The molecule has 8 aromatic rings. The molecule has 0 spiro atoms. The third-order valence-electron chi connectivity index (χ3n) is 29.0. The lowest BCUT2D eigenvalue weighted by atomic mass is 9.93. The van der Waals surface area contributed by atoms with Crippen molar-refractivity contribution >= 4 is 29.5 Å². The fourth-order valence-corrected chi connectivity index (χ4v) is 19.3. The predicted molar refractivity (Wildman–Crippen MR) is 530 cm³/mol. The maximum Gasteiger partial charge on any atom is 0.254 e. The zero-order valence-corrected chi connectivity index (χ0v) is 83.3. The summed E-state index contributed by atoms with van der Waals surface area (Å²) in [5.74, 6) is 4.24. The number of methoxy groups -OCH3 is 2. The van der Waals surface area contributed by atoms with Gasteiger partial charge in [0.2, 0.25) is 5.91 Å². The average Bonchev–Trinajstić information content (AvgIpc) is 1.65. The SMILES string of the molecule is CC(=O)N1CCN(C(=O)c2cccc3c2CN(C(C)(C)CCc2ccc(O)c(OCC(C)C)c2)C3)CC1.CC(C)COc1cc(CCC(C)(C)N2Cc3cccc(C(=O)N4CCN(C)CC4)c3C2)ccc1O.COc1cc(CCC(C)(C)N2Cc3cccc(C(=O)N4CCN(C)CC4)c3C2)ccc1O.COc1cc(CCC(C)(C)N2Cc3cccc(C(=O)N4CCOCC4)c3C2)ccc1O. The number of piperazine rings is 3. The van der Waals surface area contributed by atoms with Crippen LogP contribution < -0.4 is 18.9 Å². The van der Waals surface area contributed by atoms with Gasteiger partial charge in [-0.05, 0) is 272 Å². The van der Waals surface area contributed by atoms with Gasteiger partial charge < -0.3 is 78.4 Å². The minimum Gasteiger partial charge on any atom is -0.504 e. The second-order valence-electron chi connectivity index (χ2n) is 41.4. The smallest absolute Gasteiger partial charge is 0.254 e. The molecule has 0 aromatic heterocycles. The molecule has 0 aliphatic carbocycles. The minimum absolute atomic E-state index is 0.0295. The molecule has 0 unspecified atom stereocenters. The number of amides is 5. The fraction of sp³-hybridized carbons (Fsp3) is 0.518. The van der Waals surface area contributed by atoms with Crippen LogP contribution in [0.5, 0.6) is 46.0 Å². The Hall–Kier alpha value is -10.8. The molecular weight excluding hydrogens is 1700 g/mol. The molecule has 728 valence electrons. The number of ether oxygens (including phenoxy) is 5. The summed E-state index contributed by atoms with van der Waals surface area (Å²) in [7, 11) is 7.36. The summed E-state index contributed by atoms with van der Waals surface area (Å²) in [5, 5.41) is 40.0. The highest BCUT2D eigenvalue weighted by Gasteiger charge is 2.41. The van der Waals surface area contributed by atoms with Gasteiger partial charge in [0.15, 0.2) is 46.0 Å². The first kappa shape index (κ1) is 102. The van der Waals surface area contributed by atoms with Crippen molar-refractivity contribution in [1.29, 1.82) is 0 Å². The highest BCUT2D eigenvalue weighted by atomic mass is 16.5. The number of nitrogens with zero attached hydrogens (tertiary/aromatic N) is 11. The highest BCUT2D eigenvalue weighted by molar-refractivity contribution is 5.98. The molecule has 4 saturated heterocycles.